The lowest BCUT2D eigenvalue weighted by molar-refractivity contribution is 0.660. The molecule has 5 aromatic carbocycles. The van der Waals surface area contributed by atoms with Crippen molar-refractivity contribution in [1.82, 2.24) is 0 Å². The highest BCUT2D eigenvalue weighted by molar-refractivity contribution is 6.12. The first-order valence-electron chi connectivity index (χ1n) is 10.3. The summed E-state index contributed by atoms with van der Waals surface area (Å²) >= 11 is 0. The third-order valence-corrected chi connectivity index (χ3v) is 6.64. The molecule has 0 nitrogen and oxygen atoms in total. The zero-order chi connectivity index (χ0) is 19.6. The fourth-order valence-electron chi connectivity index (χ4n) is 5.18. The first-order chi connectivity index (χ1) is 14.1. The summed E-state index contributed by atoms with van der Waals surface area (Å²) in [5, 5.41) is 5.23. The molecule has 0 spiro atoms. The van der Waals surface area contributed by atoms with Crippen molar-refractivity contribution in [2.24, 2.45) is 0 Å². The number of benzene rings is 5. The van der Waals surface area contributed by atoms with Crippen molar-refractivity contribution in [3.63, 3.8) is 0 Å². The molecular weight excluding hydrogens is 348 g/mol. The molecule has 0 saturated carbocycles. The quantitative estimate of drug-likeness (QED) is 0.262. The Balaban J connectivity index is 1.69. The van der Waals surface area contributed by atoms with Crippen LogP contribution in [-0.2, 0) is 5.41 Å². The van der Waals surface area contributed by atoms with Gasteiger partial charge in [-0.3, -0.25) is 0 Å². The molecule has 0 fully saturated rings. The highest BCUT2D eigenvalue weighted by atomic mass is 14.4. The van der Waals surface area contributed by atoms with Crippen molar-refractivity contribution < 1.29 is 0 Å². The molecule has 0 heteroatoms. The van der Waals surface area contributed by atoms with Gasteiger partial charge in [-0.15, -0.1) is 0 Å². The van der Waals surface area contributed by atoms with Crippen molar-refractivity contribution in [2.45, 2.75) is 19.3 Å². The van der Waals surface area contributed by atoms with Crippen LogP contribution in [0, 0.1) is 0 Å². The fraction of sp³-hybridized carbons (Fsp3) is 0.103. The molecule has 0 N–H and O–H groups in total. The van der Waals surface area contributed by atoms with E-state index >= 15 is 0 Å². The van der Waals surface area contributed by atoms with E-state index in [0.717, 1.165) is 0 Å². The maximum atomic E-state index is 2.43. The third kappa shape index (κ3) is 2.26. The minimum absolute atomic E-state index is 0.0162. The Morgan fingerprint density at radius 3 is 1.83 bits per heavy atom. The molecular formula is C29H22. The summed E-state index contributed by atoms with van der Waals surface area (Å²) in [4.78, 5) is 0. The van der Waals surface area contributed by atoms with E-state index in [1.165, 1.54) is 54.9 Å². The molecule has 5 aromatic rings. The molecule has 0 amide bonds. The molecule has 0 unspecified atom stereocenters. The van der Waals surface area contributed by atoms with Crippen LogP contribution in [0.15, 0.2) is 97.1 Å². The van der Waals surface area contributed by atoms with Gasteiger partial charge in [-0.25, -0.2) is 0 Å². The molecule has 0 heterocycles. The Hall–Kier alpha value is -3.38. The predicted molar refractivity (Wildman–Crippen MR) is 124 cm³/mol. The van der Waals surface area contributed by atoms with Gasteiger partial charge in [0, 0.05) is 5.41 Å². The SMILES string of the molecule is CC1(C)c2ccccc2-c2ccc(-c3c4ccccc4cc4ccccc34)cc21. The van der Waals surface area contributed by atoms with Crippen LogP contribution < -0.4 is 0 Å². The van der Waals surface area contributed by atoms with E-state index in [9.17, 15) is 0 Å². The van der Waals surface area contributed by atoms with Crippen molar-refractivity contribution in [3.05, 3.63) is 108 Å². The third-order valence-electron chi connectivity index (χ3n) is 6.64. The molecule has 0 bridgehead atoms. The zero-order valence-electron chi connectivity index (χ0n) is 16.7. The molecule has 1 aliphatic rings. The van der Waals surface area contributed by atoms with Crippen molar-refractivity contribution >= 4 is 21.5 Å². The van der Waals surface area contributed by atoms with Crippen LogP contribution in [0.3, 0.4) is 0 Å². The summed E-state index contributed by atoms with van der Waals surface area (Å²) in [6, 6.07) is 35.7. The van der Waals surface area contributed by atoms with E-state index in [-0.39, 0.29) is 5.41 Å². The molecule has 0 saturated heterocycles. The van der Waals surface area contributed by atoms with Crippen LogP contribution in [0.2, 0.25) is 0 Å². The lowest BCUT2D eigenvalue weighted by Gasteiger charge is -2.22. The fourth-order valence-corrected chi connectivity index (χ4v) is 5.18. The van der Waals surface area contributed by atoms with Gasteiger partial charge >= 0.3 is 0 Å². The van der Waals surface area contributed by atoms with Crippen molar-refractivity contribution in [1.29, 1.82) is 0 Å². The first kappa shape index (κ1) is 16.6. The minimum Gasteiger partial charge on any atom is -0.0619 e. The lowest BCUT2D eigenvalue weighted by atomic mass is 9.81. The molecule has 0 atom stereocenters. The van der Waals surface area contributed by atoms with E-state index in [4.69, 9.17) is 0 Å². The van der Waals surface area contributed by atoms with Crippen LogP contribution in [0.1, 0.15) is 25.0 Å². The van der Waals surface area contributed by atoms with Gasteiger partial charge < -0.3 is 0 Å². The highest BCUT2D eigenvalue weighted by Gasteiger charge is 2.35. The van der Waals surface area contributed by atoms with Gasteiger partial charge in [-0.1, -0.05) is 98.8 Å². The second-order valence-corrected chi connectivity index (χ2v) is 8.62. The van der Waals surface area contributed by atoms with Crippen LogP contribution >= 0.6 is 0 Å². The Bertz CT molecular complexity index is 1370. The summed E-state index contributed by atoms with van der Waals surface area (Å²) in [5.74, 6) is 0. The summed E-state index contributed by atoms with van der Waals surface area (Å²) in [6.07, 6.45) is 0. The molecule has 0 aromatic heterocycles. The van der Waals surface area contributed by atoms with Gasteiger partial charge in [-0.2, -0.15) is 0 Å². The monoisotopic (exact) mass is 370 g/mol. The average molecular weight is 370 g/mol. The standard InChI is InChI=1S/C29H22/c1-29(2)26-14-8-7-13-24(26)25-16-15-21(18-27(25)29)28-22-11-5-3-9-19(22)17-20-10-4-6-12-23(20)28/h3-18H,1-2H3. The molecule has 138 valence electrons. The van der Waals surface area contributed by atoms with Gasteiger partial charge in [0.1, 0.15) is 0 Å². The normalized spacial score (nSPS) is 14.1. The topological polar surface area (TPSA) is 0 Å². The van der Waals surface area contributed by atoms with E-state index in [1.807, 2.05) is 0 Å². The highest BCUT2D eigenvalue weighted by Crippen LogP contribution is 2.50. The number of rotatable bonds is 1. The van der Waals surface area contributed by atoms with Crippen molar-refractivity contribution in [2.75, 3.05) is 0 Å². The minimum atomic E-state index is 0.0162. The molecule has 6 rings (SSSR count). The smallest absolute Gasteiger partial charge is 0.0159 e. The van der Waals surface area contributed by atoms with E-state index in [1.54, 1.807) is 0 Å². The van der Waals surface area contributed by atoms with Crippen LogP contribution in [0.4, 0.5) is 0 Å². The second-order valence-electron chi connectivity index (χ2n) is 8.62. The largest absolute Gasteiger partial charge is 0.0619 e. The van der Waals surface area contributed by atoms with Crippen molar-refractivity contribution in [3.8, 4) is 22.3 Å². The van der Waals surface area contributed by atoms with Crippen LogP contribution in [0.5, 0.6) is 0 Å². The average Bonchev–Trinajstić information content (AvgIpc) is 2.99. The first-order valence-corrected chi connectivity index (χ1v) is 10.3. The maximum Gasteiger partial charge on any atom is 0.0159 e. The molecule has 29 heavy (non-hydrogen) atoms. The lowest BCUT2D eigenvalue weighted by Crippen LogP contribution is -2.14. The van der Waals surface area contributed by atoms with Gasteiger partial charge in [0.2, 0.25) is 0 Å². The van der Waals surface area contributed by atoms with Gasteiger partial charge in [-0.05, 0) is 67.1 Å². The van der Waals surface area contributed by atoms with Gasteiger partial charge in [0.05, 0.1) is 0 Å². The number of hydrogen-bond acceptors (Lipinski definition) is 0. The summed E-state index contributed by atoms with van der Waals surface area (Å²) in [6.45, 7) is 4.70. The Kier molecular flexibility index (Phi) is 3.32. The second kappa shape index (κ2) is 5.81. The predicted octanol–water partition coefficient (Wildman–Crippen LogP) is 7.97. The summed E-state index contributed by atoms with van der Waals surface area (Å²) in [5.41, 5.74) is 8.26. The Morgan fingerprint density at radius 2 is 1.10 bits per heavy atom. The van der Waals surface area contributed by atoms with E-state index < -0.39 is 0 Å². The number of fused-ring (bicyclic) bond motifs is 5. The Morgan fingerprint density at radius 1 is 0.517 bits per heavy atom. The maximum absolute atomic E-state index is 2.43. The molecule has 1 aliphatic carbocycles. The molecule has 0 aliphatic heterocycles. The number of hydrogen-bond donors (Lipinski definition) is 0. The van der Waals surface area contributed by atoms with Gasteiger partial charge in [0.25, 0.3) is 0 Å². The van der Waals surface area contributed by atoms with E-state index in [0.29, 0.717) is 0 Å². The van der Waals surface area contributed by atoms with Crippen LogP contribution in [-0.4, -0.2) is 0 Å². The zero-order valence-corrected chi connectivity index (χ0v) is 16.7. The van der Waals surface area contributed by atoms with Gasteiger partial charge in [0.15, 0.2) is 0 Å². The summed E-state index contributed by atoms with van der Waals surface area (Å²) < 4.78 is 0. The summed E-state index contributed by atoms with van der Waals surface area (Å²) in [7, 11) is 0. The molecule has 0 radical (unpaired) electrons. The van der Waals surface area contributed by atoms with E-state index in [2.05, 4.69) is 111 Å². The Labute approximate surface area is 171 Å². The van der Waals surface area contributed by atoms with Crippen LogP contribution in [0.25, 0.3) is 43.8 Å².